The van der Waals surface area contributed by atoms with Crippen LogP contribution in [0.1, 0.15) is 0 Å². The average molecular weight is 529 g/mol. The Labute approximate surface area is 232 Å². The molecular formula is C35H20N4S. The van der Waals surface area contributed by atoms with Gasteiger partial charge in [0, 0.05) is 42.7 Å². The second kappa shape index (κ2) is 8.18. The van der Waals surface area contributed by atoms with Gasteiger partial charge >= 0.3 is 0 Å². The molecular weight excluding hydrogens is 508 g/mol. The Morgan fingerprint density at radius 1 is 0.550 bits per heavy atom. The van der Waals surface area contributed by atoms with Crippen LogP contribution in [0.3, 0.4) is 0 Å². The highest BCUT2D eigenvalue weighted by molar-refractivity contribution is 7.25. The maximum atomic E-state index is 5.24. The minimum atomic E-state index is 0.641. The topological polar surface area (TPSA) is 43.6 Å². The fraction of sp³-hybridized carbons (Fsp3) is 0. The number of thiophene rings is 1. The van der Waals surface area contributed by atoms with E-state index in [2.05, 4.69) is 113 Å². The highest BCUT2D eigenvalue weighted by atomic mass is 32.1. The zero-order chi connectivity index (χ0) is 26.2. The van der Waals surface area contributed by atoms with Gasteiger partial charge in [-0.05, 0) is 59.3 Å². The molecule has 0 spiro atoms. The molecule has 4 heterocycles. The van der Waals surface area contributed by atoms with Gasteiger partial charge < -0.3 is 0 Å². The van der Waals surface area contributed by atoms with E-state index in [4.69, 9.17) is 9.97 Å². The monoisotopic (exact) mass is 528 g/mol. The standard InChI is InChI=1S/C35H20N4S/c1-2-9-22-20-30-26(18-21(22)8-1)24-10-3-5-13-29(24)39(30)35-33(38-34-28(37-35)12-7-17-36-34)23-15-16-32-27(19-23)25-11-4-6-14-31(25)40-32/h1-20H. The molecule has 0 saturated carbocycles. The van der Waals surface area contributed by atoms with E-state index in [-0.39, 0.29) is 0 Å². The lowest BCUT2D eigenvalue weighted by molar-refractivity contribution is 1.07. The molecule has 4 nitrogen and oxygen atoms in total. The molecule has 0 atom stereocenters. The van der Waals surface area contributed by atoms with Crippen molar-refractivity contribution >= 4 is 75.3 Å². The average Bonchev–Trinajstić information content (AvgIpc) is 3.54. The fourth-order valence-corrected chi connectivity index (χ4v) is 7.08. The number of fused-ring (bicyclic) bond motifs is 8. The van der Waals surface area contributed by atoms with Crippen LogP contribution in [0.15, 0.2) is 121 Å². The lowest BCUT2D eigenvalue weighted by Crippen LogP contribution is -2.04. The molecule has 0 bridgehead atoms. The third kappa shape index (κ3) is 3.09. The van der Waals surface area contributed by atoms with Gasteiger partial charge in [-0.2, -0.15) is 0 Å². The molecule has 9 aromatic rings. The van der Waals surface area contributed by atoms with Gasteiger partial charge in [-0.15, -0.1) is 11.3 Å². The van der Waals surface area contributed by atoms with Crippen molar-refractivity contribution in [3.05, 3.63) is 121 Å². The Morgan fingerprint density at radius 3 is 2.25 bits per heavy atom. The molecule has 0 unspecified atom stereocenters. The smallest absolute Gasteiger partial charge is 0.178 e. The first-order valence-electron chi connectivity index (χ1n) is 13.3. The molecule has 5 heteroatoms. The van der Waals surface area contributed by atoms with Crippen molar-refractivity contribution in [1.29, 1.82) is 0 Å². The summed E-state index contributed by atoms with van der Waals surface area (Å²) in [7, 11) is 0. The van der Waals surface area contributed by atoms with Crippen molar-refractivity contribution in [2.75, 3.05) is 0 Å². The van der Waals surface area contributed by atoms with Crippen LogP contribution in [0.4, 0.5) is 0 Å². The van der Waals surface area contributed by atoms with Crippen LogP contribution in [0.2, 0.25) is 0 Å². The number of hydrogen-bond acceptors (Lipinski definition) is 4. The first-order valence-corrected chi connectivity index (χ1v) is 14.1. The summed E-state index contributed by atoms with van der Waals surface area (Å²) < 4.78 is 4.83. The second-order valence-corrected chi connectivity index (χ2v) is 11.2. The number of aromatic nitrogens is 4. The summed E-state index contributed by atoms with van der Waals surface area (Å²) in [6.07, 6.45) is 1.78. The molecule has 0 aliphatic carbocycles. The SMILES string of the molecule is c1ccc2cc3c(cc2c1)c1ccccc1n3-c1nc2cccnc2nc1-c1ccc2sc3ccccc3c2c1. The van der Waals surface area contributed by atoms with Crippen LogP contribution in [0.25, 0.3) is 81.0 Å². The van der Waals surface area contributed by atoms with Gasteiger partial charge in [-0.25, -0.2) is 15.0 Å². The van der Waals surface area contributed by atoms with Crippen LogP contribution in [-0.2, 0) is 0 Å². The van der Waals surface area contributed by atoms with Crippen LogP contribution >= 0.6 is 11.3 Å². The van der Waals surface area contributed by atoms with Crippen molar-refractivity contribution in [1.82, 2.24) is 19.5 Å². The highest BCUT2D eigenvalue weighted by Gasteiger charge is 2.20. The van der Waals surface area contributed by atoms with Crippen molar-refractivity contribution in [3.63, 3.8) is 0 Å². The van der Waals surface area contributed by atoms with Crippen LogP contribution in [0, 0.1) is 0 Å². The summed E-state index contributed by atoms with van der Waals surface area (Å²) in [6, 6.07) is 40.8. The van der Waals surface area contributed by atoms with Crippen molar-refractivity contribution < 1.29 is 0 Å². The first-order chi connectivity index (χ1) is 19.8. The molecule has 0 radical (unpaired) electrons. The molecule has 0 aliphatic heterocycles. The third-order valence-electron chi connectivity index (χ3n) is 7.82. The second-order valence-electron chi connectivity index (χ2n) is 10.1. The largest absolute Gasteiger partial charge is 0.292 e. The Hall–Kier alpha value is -5.13. The third-order valence-corrected chi connectivity index (χ3v) is 8.98. The van der Waals surface area contributed by atoms with E-state index in [9.17, 15) is 0 Å². The number of pyridine rings is 1. The first kappa shape index (κ1) is 21.8. The Balaban J connectivity index is 1.43. The number of para-hydroxylation sites is 1. The summed E-state index contributed by atoms with van der Waals surface area (Å²) in [4.78, 5) is 15.0. The quantitative estimate of drug-likeness (QED) is 0.225. The predicted octanol–water partition coefficient (Wildman–Crippen LogP) is 9.31. The lowest BCUT2D eigenvalue weighted by atomic mass is 10.1. The van der Waals surface area contributed by atoms with Gasteiger partial charge in [-0.3, -0.25) is 4.57 Å². The molecule has 0 aliphatic rings. The van der Waals surface area contributed by atoms with E-state index in [1.165, 1.54) is 41.7 Å². The summed E-state index contributed by atoms with van der Waals surface area (Å²) in [5.74, 6) is 0.806. The van der Waals surface area contributed by atoms with Crippen molar-refractivity contribution in [2.45, 2.75) is 0 Å². The van der Waals surface area contributed by atoms with E-state index in [1.54, 1.807) is 6.20 Å². The Bertz CT molecular complexity index is 2450. The maximum absolute atomic E-state index is 5.24. The van der Waals surface area contributed by atoms with Crippen LogP contribution < -0.4 is 0 Å². The van der Waals surface area contributed by atoms with Crippen LogP contribution in [-0.4, -0.2) is 19.5 Å². The van der Waals surface area contributed by atoms with Gasteiger partial charge in [-0.1, -0.05) is 66.7 Å². The molecule has 0 saturated heterocycles. The molecule has 0 N–H and O–H groups in total. The molecule has 186 valence electrons. The summed E-state index contributed by atoms with van der Waals surface area (Å²) in [6.45, 7) is 0. The maximum Gasteiger partial charge on any atom is 0.178 e. The van der Waals surface area contributed by atoms with Crippen molar-refractivity contribution in [3.8, 4) is 17.1 Å². The molecule has 0 fully saturated rings. The number of benzene rings is 5. The minimum absolute atomic E-state index is 0.641. The predicted molar refractivity (Wildman–Crippen MR) is 168 cm³/mol. The zero-order valence-electron chi connectivity index (χ0n) is 21.2. The zero-order valence-corrected chi connectivity index (χ0v) is 22.1. The number of hydrogen-bond donors (Lipinski definition) is 0. The van der Waals surface area contributed by atoms with Gasteiger partial charge in [0.25, 0.3) is 0 Å². The van der Waals surface area contributed by atoms with E-state index in [1.807, 2.05) is 23.5 Å². The minimum Gasteiger partial charge on any atom is -0.292 e. The van der Waals surface area contributed by atoms with E-state index in [0.717, 1.165) is 33.6 Å². The van der Waals surface area contributed by atoms with E-state index in [0.29, 0.717) is 5.65 Å². The fourth-order valence-electron chi connectivity index (χ4n) is 5.99. The Morgan fingerprint density at radius 2 is 1.32 bits per heavy atom. The van der Waals surface area contributed by atoms with Crippen molar-refractivity contribution in [2.24, 2.45) is 0 Å². The number of rotatable bonds is 2. The van der Waals surface area contributed by atoms with Crippen LogP contribution in [0.5, 0.6) is 0 Å². The molecule has 4 aromatic heterocycles. The van der Waals surface area contributed by atoms with Gasteiger partial charge in [0.15, 0.2) is 11.5 Å². The Kier molecular flexibility index (Phi) is 4.45. The molecule has 40 heavy (non-hydrogen) atoms. The van der Waals surface area contributed by atoms with Gasteiger partial charge in [0.2, 0.25) is 0 Å². The van der Waals surface area contributed by atoms with E-state index < -0.39 is 0 Å². The molecule has 0 amide bonds. The summed E-state index contributed by atoms with van der Waals surface area (Å²) >= 11 is 1.82. The number of nitrogens with zero attached hydrogens (tertiary/aromatic N) is 4. The normalized spacial score (nSPS) is 12.0. The van der Waals surface area contributed by atoms with Gasteiger partial charge in [0.05, 0.1) is 11.0 Å². The van der Waals surface area contributed by atoms with Gasteiger partial charge in [0.1, 0.15) is 11.2 Å². The molecule has 5 aromatic carbocycles. The highest BCUT2D eigenvalue weighted by Crippen LogP contribution is 2.40. The lowest BCUT2D eigenvalue weighted by Gasteiger charge is -2.14. The van der Waals surface area contributed by atoms with E-state index >= 15 is 0 Å². The summed E-state index contributed by atoms with van der Waals surface area (Å²) in [5, 5.41) is 7.32. The molecule has 9 rings (SSSR count). The summed E-state index contributed by atoms with van der Waals surface area (Å²) in [5.41, 5.74) is 5.48.